The third-order valence-electron chi connectivity index (χ3n) is 2.55. The van der Waals surface area contributed by atoms with Crippen LogP contribution in [-0.2, 0) is 11.3 Å². The number of carbonyl (C=O) groups excluding carboxylic acids is 1. The van der Waals surface area contributed by atoms with E-state index in [0.717, 1.165) is 0 Å². The highest BCUT2D eigenvalue weighted by molar-refractivity contribution is 6.29. The van der Waals surface area contributed by atoms with Gasteiger partial charge in [0, 0.05) is 12.1 Å². The molecule has 0 spiro atoms. The molecule has 1 amide bonds. The first kappa shape index (κ1) is 13.7. The van der Waals surface area contributed by atoms with E-state index < -0.39 is 0 Å². The van der Waals surface area contributed by atoms with Gasteiger partial charge in [-0.25, -0.2) is 4.98 Å². The van der Waals surface area contributed by atoms with Gasteiger partial charge in [-0.1, -0.05) is 25.4 Å². The van der Waals surface area contributed by atoms with Gasteiger partial charge >= 0.3 is 0 Å². The van der Waals surface area contributed by atoms with E-state index in [1.54, 1.807) is 0 Å². The van der Waals surface area contributed by atoms with Gasteiger partial charge in [0.1, 0.15) is 11.7 Å². The molecule has 94 valence electrons. The maximum atomic E-state index is 11.6. The monoisotopic (exact) mass is 257 g/mol. The van der Waals surface area contributed by atoms with Crippen LogP contribution in [0.25, 0.3) is 0 Å². The second-order valence-electron chi connectivity index (χ2n) is 4.28. The lowest BCUT2D eigenvalue weighted by atomic mass is 10.1. The van der Waals surface area contributed by atoms with Gasteiger partial charge in [-0.05, 0) is 12.8 Å². The zero-order valence-electron chi connectivity index (χ0n) is 10.1. The predicted octanol–water partition coefficient (Wildman–Crippen LogP) is 1.06. The zero-order valence-corrected chi connectivity index (χ0v) is 10.9. The van der Waals surface area contributed by atoms with E-state index in [2.05, 4.69) is 10.3 Å². The highest BCUT2D eigenvalue weighted by Gasteiger charge is 2.11. The van der Waals surface area contributed by atoms with Crippen LogP contribution in [0.3, 0.4) is 0 Å². The molecule has 1 aromatic heterocycles. The molecule has 0 aromatic carbocycles. The van der Waals surface area contributed by atoms with E-state index in [1.165, 1.54) is 17.0 Å². The fourth-order valence-electron chi connectivity index (χ4n) is 1.14. The molecular formula is C11H16ClN3O2. The van der Waals surface area contributed by atoms with Crippen molar-refractivity contribution >= 4 is 17.5 Å². The Balaban J connectivity index is 2.66. The smallest absolute Gasteiger partial charge is 0.255 e. The Labute approximate surface area is 105 Å². The molecule has 1 rings (SSSR count). The first-order chi connectivity index (χ1) is 7.90. The molecule has 6 heteroatoms. The van der Waals surface area contributed by atoms with Crippen molar-refractivity contribution in [1.82, 2.24) is 14.9 Å². The highest BCUT2D eigenvalue weighted by Crippen LogP contribution is 2.00. The molecule has 0 saturated heterocycles. The van der Waals surface area contributed by atoms with Crippen LogP contribution in [0, 0.1) is 5.92 Å². The Morgan fingerprint density at radius 3 is 2.71 bits per heavy atom. The summed E-state index contributed by atoms with van der Waals surface area (Å²) in [5.41, 5.74) is -0.336. The molecule has 5 nitrogen and oxygen atoms in total. The number of halogens is 1. The number of hydrogen-bond donors (Lipinski definition) is 1. The van der Waals surface area contributed by atoms with Gasteiger partial charge in [0.15, 0.2) is 0 Å². The van der Waals surface area contributed by atoms with Gasteiger partial charge in [-0.15, -0.1) is 0 Å². The van der Waals surface area contributed by atoms with Gasteiger partial charge in [-0.2, -0.15) is 0 Å². The Morgan fingerprint density at radius 1 is 1.53 bits per heavy atom. The standard InChI is InChI=1S/C11H16ClN3O2/c1-7(2)8(3)14-10(16)5-15-6-13-9(12)4-11(15)17/h4,6-8H,5H2,1-3H3,(H,14,16). The van der Waals surface area contributed by atoms with E-state index in [1.807, 2.05) is 20.8 Å². The maximum Gasteiger partial charge on any atom is 0.255 e. The second-order valence-corrected chi connectivity index (χ2v) is 4.67. The van der Waals surface area contributed by atoms with Crippen LogP contribution in [0.1, 0.15) is 20.8 Å². The normalized spacial score (nSPS) is 12.5. The quantitative estimate of drug-likeness (QED) is 0.821. The summed E-state index contributed by atoms with van der Waals surface area (Å²) in [5.74, 6) is 0.136. The zero-order chi connectivity index (χ0) is 13.0. The van der Waals surface area contributed by atoms with Crippen molar-refractivity contribution in [3.05, 3.63) is 27.9 Å². The van der Waals surface area contributed by atoms with Crippen LogP contribution in [0.2, 0.25) is 5.15 Å². The van der Waals surface area contributed by atoms with Crippen molar-refractivity contribution in [2.24, 2.45) is 5.92 Å². The third-order valence-corrected chi connectivity index (χ3v) is 2.76. The molecule has 0 aliphatic carbocycles. The average Bonchev–Trinajstić information content (AvgIpc) is 2.22. The number of nitrogens with zero attached hydrogens (tertiary/aromatic N) is 2. The molecule has 1 unspecified atom stereocenters. The molecule has 17 heavy (non-hydrogen) atoms. The van der Waals surface area contributed by atoms with Crippen LogP contribution < -0.4 is 10.9 Å². The van der Waals surface area contributed by atoms with Crippen molar-refractivity contribution < 1.29 is 4.79 Å². The molecule has 0 fully saturated rings. The van der Waals surface area contributed by atoms with Gasteiger partial charge in [-0.3, -0.25) is 14.2 Å². The largest absolute Gasteiger partial charge is 0.352 e. The number of nitrogens with one attached hydrogen (secondary N) is 1. The molecule has 0 saturated carbocycles. The summed E-state index contributed by atoms with van der Waals surface area (Å²) < 4.78 is 1.22. The van der Waals surface area contributed by atoms with E-state index in [-0.39, 0.29) is 29.2 Å². The lowest BCUT2D eigenvalue weighted by molar-refractivity contribution is -0.122. The minimum Gasteiger partial charge on any atom is -0.352 e. The Morgan fingerprint density at radius 2 is 2.18 bits per heavy atom. The highest BCUT2D eigenvalue weighted by atomic mass is 35.5. The first-order valence-corrected chi connectivity index (χ1v) is 5.79. The van der Waals surface area contributed by atoms with Crippen LogP contribution >= 0.6 is 11.6 Å². The molecule has 1 heterocycles. The molecular weight excluding hydrogens is 242 g/mol. The van der Waals surface area contributed by atoms with Crippen LogP contribution in [0.5, 0.6) is 0 Å². The lowest BCUT2D eigenvalue weighted by Crippen LogP contribution is -2.39. The minimum atomic E-state index is -0.336. The molecule has 0 bridgehead atoms. The molecule has 1 N–H and O–H groups in total. The number of amides is 1. The van der Waals surface area contributed by atoms with Gasteiger partial charge < -0.3 is 5.32 Å². The second kappa shape index (κ2) is 5.82. The van der Waals surface area contributed by atoms with Crippen LogP contribution in [0.4, 0.5) is 0 Å². The summed E-state index contributed by atoms with van der Waals surface area (Å²) in [6, 6.07) is 1.25. The van der Waals surface area contributed by atoms with Crippen molar-refractivity contribution in [2.75, 3.05) is 0 Å². The van der Waals surface area contributed by atoms with Crippen LogP contribution in [-0.4, -0.2) is 21.5 Å². The first-order valence-electron chi connectivity index (χ1n) is 5.41. The lowest BCUT2D eigenvalue weighted by Gasteiger charge is -2.17. The molecule has 0 radical (unpaired) electrons. The van der Waals surface area contributed by atoms with Crippen molar-refractivity contribution in [2.45, 2.75) is 33.4 Å². The fraction of sp³-hybridized carbons (Fsp3) is 0.545. The van der Waals surface area contributed by atoms with Crippen molar-refractivity contribution in [3.63, 3.8) is 0 Å². The predicted molar refractivity (Wildman–Crippen MR) is 65.9 cm³/mol. The van der Waals surface area contributed by atoms with Gasteiger partial charge in [0.2, 0.25) is 5.91 Å². The van der Waals surface area contributed by atoms with E-state index in [0.29, 0.717) is 5.92 Å². The molecule has 1 aromatic rings. The van der Waals surface area contributed by atoms with Crippen LogP contribution in [0.15, 0.2) is 17.2 Å². The van der Waals surface area contributed by atoms with E-state index >= 15 is 0 Å². The average molecular weight is 258 g/mol. The van der Waals surface area contributed by atoms with Gasteiger partial charge in [0.25, 0.3) is 5.56 Å². The summed E-state index contributed by atoms with van der Waals surface area (Å²) in [5, 5.41) is 2.94. The fourth-order valence-corrected chi connectivity index (χ4v) is 1.28. The maximum absolute atomic E-state index is 11.6. The Kier molecular flexibility index (Phi) is 4.69. The molecule has 0 aliphatic rings. The summed E-state index contributed by atoms with van der Waals surface area (Å²) in [4.78, 5) is 26.8. The summed E-state index contributed by atoms with van der Waals surface area (Å²) in [7, 11) is 0. The summed E-state index contributed by atoms with van der Waals surface area (Å²) in [6.45, 7) is 5.91. The molecule has 0 aliphatic heterocycles. The number of rotatable bonds is 4. The number of hydrogen-bond acceptors (Lipinski definition) is 3. The van der Waals surface area contributed by atoms with E-state index in [4.69, 9.17) is 11.6 Å². The summed E-state index contributed by atoms with van der Waals surface area (Å²) >= 11 is 5.55. The van der Waals surface area contributed by atoms with Crippen molar-refractivity contribution in [3.8, 4) is 0 Å². The number of carbonyl (C=O) groups is 1. The summed E-state index contributed by atoms with van der Waals surface area (Å²) in [6.07, 6.45) is 1.27. The topological polar surface area (TPSA) is 64.0 Å². The Bertz CT molecular complexity index is 456. The minimum absolute atomic E-state index is 0.0416. The van der Waals surface area contributed by atoms with Gasteiger partial charge in [0.05, 0.1) is 6.33 Å². The third kappa shape index (κ3) is 4.19. The number of aromatic nitrogens is 2. The Hall–Kier alpha value is -1.36. The van der Waals surface area contributed by atoms with Crippen molar-refractivity contribution in [1.29, 1.82) is 0 Å². The molecule has 1 atom stereocenters. The SMILES string of the molecule is CC(C)C(C)NC(=O)Cn1cnc(Cl)cc1=O. The van der Waals surface area contributed by atoms with E-state index in [9.17, 15) is 9.59 Å².